The highest BCUT2D eigenvalue weighted by molar-refractivity contribution is 6.31. The smallest absolute Gasteiger partial charge is 0.261 e. The van der Waals surface area contributed by atoms with Gasteiger partial charge in [0.1, 0.15) is 5.75 Å². The summed E-state index contributed by atoms with van der Waals surface area (Å²) in [5.41, 5.74) is 7.44. The van der Waals surface area contributed by atoms with Crippen molar-refractivity contribution in [3.05, 3.63) is 53.1 Å². The van der Waals surface area contributed by atoms with Crippen molar-refractivity contribution in [3.8, 4) is 5.75 Å². The van der Waals surface area contributed by atoms with Crippen molar-refractivity contribution in [3.63, 3.8) is 0 Å². The molecule has 0 bridgehead atoms. The molecule has 0 atom stereocenters. The summed E-state index contributed by atoms with van der Waals surface area (Å²) in [5, 5.41) is 0.482. The van der Waals surface area contributed by atoms with Crippen LogP contribution in [0.3, 0.4) is 0 Å². The van der Waals surface area contributed by atoms with Crippen LogP contribution >= 0.6 is 11.6 Å². The van der Waals surface area contributed by atoms with Crippen LogP contribution in [0.2, 0.25) is 5.02 Å². The van der Waals surface area contributed by atoms with E-state index in [0.717, 1.165) is 0 Å². The number of anilines is 2. The molecule has 0 heterocycles. The van der Waals surface area contributed by atoms with Gasteiger partial charge in [0.25, 0.3) is 5.91 Å². The van der Waals surface area contributed by atoms with Crippen molar-refractivity contribution in [2.75, 3.05) is 24.8 Å². The third-order valence-electron chi connectivity index (χ3n) is 2.95. The number of amides is 1. The van der Waals surface area contributed by atoms with Gasteiger partial charge in [-0.05, 0) is 36.4 Å². The van der Waals surface area contributed by atoms with Crippen molar-refractivity contribution in [1.29, 1.82) is 0 Å². The lowest BCUT2D eigenvalue weighted by Crippen LogP contribution is -2.26. The number of benzene rings is 2. The Hall–Kier alpha value is -2.20. The van der Waals surface area contributed by atoms with Crippen molar-refractivity contribution in [2.24, 2.45) is 0 Å². The summed E-state index contributed by atoms with van der Waals surface area (Å²) in [5.74, 6) is 0.269. The minimum Gasteiger partial charge on any atom is -0.496 e. The molecular formula is C15H15ClN2O2. The van der Waals surface area contributed by atoms with Crippen LogP contribution in [0.15, 0.2) is 42.5 Å². The standard InChI is InChI=1S/C15H15ClN2O2/c1-18(12-5-3-4-11(17)9-12)15(19)13-8-10(16)6-7-14(13)20-2/h3-9H,17H2,1-2H3. The van der Waals surface area contributed by atoms with E-state index >= 15 is 0 Å². The summed E-state index contributed by atoms with van der Waals surface area (Å²) in [6.07, 6.45) is 0. The molecule has 2 aromatic rings. The molecule has 0 spiro atoms. The van der Waals surface area contributed by atoms with Crippen molar-refractivity contribution < 1.29 is 9.53 Å². The van der Waals surface area contributed by atoms with Gasteiger partial charge in [-0.15, -0.1) is 0 Å². The van der Waals surface area contributed by atoms with E-state index in [1.807, 2.05) is 6.07 Å². The number of carbonyl (C=O) groups excluding carboxylic acids is 1. The van der Waals surface area contributed by atoms with Gasteiger partial charge in [-0.2, -0.15) is 0 Å². The molecule has 0 aliphatic heterocycles. The van der Waals surface area contributed by atoms with Crippen molar-refractivity contribution in [2.45, 2.75) is 0 Å². The molecule has 5 heteroatoms. The van der Waals surface area contributed by atoms with Gasteiger partial charge in [-0.25, -0.2) is 0 Å². The number of nitrogens with zero attached hydrogens (tertiary/aromatic N) is 1. The maximum absolute atomic E-state index is 12.5. The van der Waals surface area contributed by atoms with Crippen LogP contribution in [0.4, 0.5) is 11.4 Å². The SMILES string of the molecule is COc1ccc(Cl)cc1C(=O)N(C)c1cccc(N)c1. The first-order valence-electron chi connectivity index (χ1n) is 6.00. The molecule has 0 saturated carbocycles. The highest BCUT2D eigenvalue weighted by atomic mass is 35.5. The highest BCUT2D eigenvalue weighted by Crippen LogP contribution is 2.26. The molecule has 2 aromatic carbocycles. The average Bonchev–Trinajstić information content (AvgIpc) is 2.45. The molecule has 2 rings (SSSR count). The van der Waals surface area contributed by atoms with Gasteiger partial charge in [0.05, 0.1) is 12.7 Å². The van der Waals surface area contributed by atoms with Crippen LogP contribution < -0.4 is 15.4 Å². The molecule has 0 aliphatic rings. The minimum atomic E-state index is -0.213. The molecule has 0 fully saturated rings. The van der Waals surface area contributed by atoms with Gasteiger partial charge in [-0.1, -0.05) is 17.7 Å². The van der Waals surface area contributed by atoms with E-state index in [2.05, 4.69) is 0 Å². The van der Waals surface area contributed by atoms with E-state index in [9.17, 15) is 4.79 Å². The molecule has 2 N–H and O–H groups in total. The summed E-state index contributed by atoms with van der Waals surface area (Å²) in [7, 11) is 3.19. The summed E-state index contributed by atoms with van der Waals surface area (Å²) in [4.78, 5) is 14.0. The number of hydrogen-bond donors (Lipinski definition) is 1. The summed E-state index contributed by atoms with van der Waals surface area (Å²) in [6.45, 7) is 0. The zero-order valence-corrected chi connectivity index (χ0v) is 12.0. The lowest BCUT2D eigenvalue weighted by Gasteiger charge is -2.19. The van der Waals surface area contributed by atoms with E-state index in [1.54, 1.807) is 43.4 Å². The van der Waals surface area contributed by atoms with E-state index < -0.39 is 0 Å². The van der Waals surface area contributed by atoms with Crippen LogP contribution in [-0.2, 0) is 0 Å². The van der Waals surface area contributed by atoms with Crippen LogP contribution in [0.25, 0.3) is 0 Å². The number of nitrogen functional groups attached to an aromatic ring is 1. The van der Waals surface area contributed by atoms with Gasteiger partial charge in [0.15, 0.2) is 0 Å². The largest absolute Gasteiger partial charge is 0.496 e. The third kappa shape index (κ3) is 2.86. The van der Waals surface area contributed by atoms with Gasteiger partial charge >= 0.3 is 0 Å². The molecule has 0 aliphatic carbocycles. The molecular weight excluding hydrogens is 276 g/mol. The minimum absolute atomic E-state index is 0.213. The summed E-state index contributed by atoms with van der Waals surface area (Å²) < 4.78 is 5.20. The number of halogens is 1. The molecule has 0 unspecified atom stereocenters. The predicted molar refractivity (Wildman–Crippen MR) is 81.6 cm³/mol. The molecule has 0 aromatic heterocycles. The lowest BCUT2D eigenvalue weighted by molar-refractivity contribution is 0.0990. The second-order valence-corrected chi connectivity index (χ2v) is 4.74. The van der Waals surface area contributed by atoms with E-state index in [1.165, 1.54) is 12.0 Å². The number of ether oxygens (including phenoxy) is 1. The fourth-order valence-corrected chi connectivity index (χ4v) is 2.05. The Morgan fingerprint density at radius 1 is 1.25 bits per heavy atom. The van der Waals surface area contributed by atoms with Crippen LogP contribution in [-0.4, -0.2) is 20.1 Å². The molecule has 4 nitrogen and oxygen atoms in total. The van der Waals surface area contributed by atoms with Crippen LogP contribution in [0.1, 0.15) is 10.4 Å². The number of methoxy groups -OCH3 is 1. The normalized spacial score (nSPS) is 10.2. The second kappa shape index (κ2) is 5.84. The quantitative estimate of drug-likeness (QED) is 0.883. The zero-order valence-electron chi connectivity index (χ0n) is 11.3. The summed E-state index contributed by atoms with van der Waals surface area (Å²) in [6, 6.07) is 12.0. The Labute approximate surface area is 122 Å². The Morgan fingerprint density at radius 3 is 2.65 bits per heavy atom. The van der Waals surface area contributed by atoms with Gasteiger partial charge in [0.2, 0.25) is 0 Å². The third-order valence-corrected chi connectivity index (χ3v) is 3.19. The molecule has 0 saturated heterocycles. The Balaban J connectivity index is 2.38. The summed E-state index contributed by atoms with van der Waals surface area (Å²) >= 11 is 5.95. The first-order valence-corrected chi connectivity index (χ1v) is 6.38. The maximum atomic E-state index is 12.5. The monoisotopic (exact) mass is 290 g/mol. The molecule has 20 heavy (non-hydrogen) atoms. The Morgan fingerprint density at radius 2 is 2.00 bits per heavy atom. The van der Waals surface area contributed by atoms with E-state index in [4.69, 9.17) is 22.1 Å². The van der Waals surface area contributed by atoms with Crippen molar-refractivity contribution >= 4 is 28.9 Å². The first-order chi connectivity index (χ1) is 9.52. The number of nitrogens with two attached hydrogens (primary N) is 1. The fourth-order valence-electron chi connectivity index (χ4n) is 1.88. The Bertz CT molecular complexity index is 644. The van der Waals surface area contributed by atoms with Crippen LogP contribution in [0, 0.1) is 0 Å². The molecule has 1 amide bonds. The lowest BCUT2D eigenvalue weighted by atomic mass is 10.1. The van der Waals surface area contributed by atoms with Gasteiger partial charge < -0.3 is 15.4 Å². The predicted octanol–water partition coefficient (Wildman–Crippen LogP) is 3.21. The van der Waals surface area contributed by atoms with E-state index in [0.29, 0.717) is 27.7 Å². The van der Waals surface area contributed by atoms with E-state index in [-0.39, 0.29) is 5.91 Å². The average molecular weight is 291 g/mol. The number of carbonyl (C=O) groups is 1. The maximum Gasteiger partial charge on any atom is 0.261 e. The number of hydrogen-bond acceptors (Lipinski definition) is 3. The second-order valence-electron chi connectivity index (χ2n) is 4.30. The molecule has 0 radical (unpaired) electrons. The molecule has 104 valence electrons. The first kappa shape index (κ1) is 14.2. The fraction of sp³-hybridized carbons (Fsp3) is 0.133. The van der Waals surface area contributed by atoms with Gasteiger partial charge in [0, 0.05) is 23.4 Å². The zero-order chi connectivity index (χ0) is 14.7. The van der Waals surface area contributed by atoms with Gasteiger partial charge in [-0.3, -0.25) is 4.79 Å². The van der Waals surface area contributed by atoms with Crippen LogP contribution in [0.5, 0.6) is 5.75 Å². The number of rotatable bonds is 3. The topological polar surface area (TPSA) is 55.6 Å². The Kier molecular flexibility index (Phi) is 4.15. The highest BCUT2D eigenvalue weighted by Gasteiger charge is 2.18. The van der Waals surface area contributed by atoms with Crippen molar-refractivity contribution in [1.82, 2.24) is 0 Å².